The van der Waals surface area contributed by atoms with E-state index in [1.54, 1.807) is 0 Å². The first-order valence-electron chi connectivity index (χ1n) is 7.67. The molecule has 2 N–H and O–H groups in total. The van der Waals surface area contributed by atoms with E-state index in [1.807, 2.05) is 0 Å². The molecule has 21 heavy (non-hydrogen) atoms. The highest BCUT2D eigenvalue weighted by atomic mass is 16.3. The van der Waals surface area contributed by atoms with Gasteiger partial charge in [-0.2, -0.15) is 0 Å². The Balaban J connectivity index is 1.84. The van der Waals surface area contributed by atoms with Gasteiger partial charge in [-0.25, -0.2) is 0 Å². The number of piperidine rings is 1. The first-order valence-corrected chi connectivity index (χ1v) is 7.67. The van der Waals surface area contributed by atoms with Gasteiger partial charge in [0.2, 0.25) is 0 Å². The van der Waals surface area contributed by atoms with Crippen molar-refractivity contribution >= 4 is 10.8 Å². The van der Waals surface area contributed by atoms with Crippen LogP contribution in [0.2, 0.25) is 0 Å². The predicted molar refractivity (Wildman–Crippen MR) is 85.2 cm³/mol. The van der Waals surface area contributed by atoms with Gasteiger partial charge in [0.1, 0.15) is 0 Å². The van der Waals surface area contributed by atoms with Gasteiger partial charge < -0.3 is 10.2 Å². The molecule has 1 aliphatic heterocycles. The molecule has 1 heterocycles. The third kappa shape index (κ3) is 2.95. The summed E-state index contributed by atoms with van der Waals surface area (Å²) in [5, 5.41) is 21.9. The number of aliphatic hydroxyl groups excluding tert-OH is 2. The lowest BCUT2D eigenvalue weighted by Crippen LogP contribution is -2.44. The van der Waals surface area contributed by atoms with Crippen molar-refractivity contribution in [1.29, 1.82) is 0 Å². The van der Waals surface area contributed by atoms with Crippen molar-refractivity contribution in [1.82, 2.24) is 4.90 Å². The van der Waals surface area contributed by atoms with Gasteiger partial charge in [-0.05, 0) is 41.8 Å². The van der Waals surface area contributed by atoms with Crippen LogP contribution in [0.3, 0.4) is 0 Å². The van der Waals surface area contributed by atoms with Crippen molar-refractivity contribution < 1.29 is 10.2 Å². The minimum atomic E-state index is -0.418. The first-order chi connectivity index (χ1) is 10.2. The van der Waals surface area contributed by atoms with E-state index in [4.69, 9.17) is 0 Å². The molecule has 0 aliphatic carbocycles. The number of likely N-dealkylation sites (tertiary alicyclic amines) is 1. The summed E-state index contributed by atoms with van der Waals surface area (Å²) >= 11 is 0. The number of β-amino-alcohol motifs (C(OH)–C–C–N with tert-alkyl or cyclic N) is 1. The second-order valence-corrected chi connectivity index (χ2v) is 6.12. The Morgan fingerprint density at radius 3 is 2.76 bits per heavy atom. The molecule has 0 aromatic heterocycles. The van der Waals surface area contributed by atoms with Crippen molar-refractivity contribution in [3.05, 3.63) is 47.5 Å². The van der Waals surface area contributed by atoms with Crippen LogP contribution < -0.4 is 0 Å². The molecule has 3 nitrogen and oxygen atoms in total. The smallest absolute Gasteiger partial charge is 0.0717 e. The lowest BCUT2D eigenvalue weighted by Gasteiger charge is -2.35. The third-order valence-electron chi connectivity index (χ3n) is 4.70. The highest BCUT2D eigenvalue weighted by Crippen LogP contribution is 2.26. The molecule has 2 aromatic rings. The summed E-state index contributed by atoms with van der Waals surface area (Å²) in [4.78, 5) is 2.30. The third-order valence-corrected chi connectivity index (χ3v) is 4.70. The molecule has 0 spiro atoms. The van der Waals surface area contributed by atoms with Crippen LogP contribution in [0.4, 0.5) is 0 Å². The fourth-order valence-electron chi connectivity index (χ4n) is 3.28. The second kappa shape index (κ2) is 6.14. The Morgan fingerprint density at radius 1 is 1.19 bits per heavy atom. The maximum Gasteiger partial charge on any atom is 0.0717 e. The quantitative estimate of drug-likeness (QED) is 0.909. The van der Waals surface area contributed by atoms with E-state index in [2.05, 4.69) is 48.2 Å². The van der Waals surface area contributed by atoms with E-state index in [0.29, 0.717) is 6.54 Å². The second-order valence-electron chi connectivity index (χ2n) is 6.12. The molecule has 0 saturated carbocycles. The van der Waals surface area contributed by atoms with Crippen LogP contribution in [0.25, 0.3) is 10.8 Å². The minimum absolute atomic E-state index is 0.0369. The Bertz CT molecular complexity index is 626. The number of nitrogens with zero attached hydrogens (tertiary/aromatic N) is 1. The van der Waals surface area contributed by atoms with Gasteiger partial charge >= 0.3 is 0 Å². The number of fused-ring (bicyclic) bond motifs is 1. The van der Waals surface area contributed by atoms with E-state index < -0.39 is 6.10 Å². The van der Waals surface area contributed by atoms with Gasteiger partial charge in [-0.3, -0.25) is 4.90 Å². The van der Waals surface area contributed by atoms with Crippen molar-refractivity contribution in [3.63, 3.8) is 0 Å². The van der Waals surface area contributed by atoms with Gasteiger partial charge in [0.25, 0.3) is 0 Å². The average Bonchev–Trinajstić information content (AvgIpc) is 2.50. The van der Waals surface area contributed by atoms with Gasteiger partial charge in [0.05, 0.1) is 6.10 Å². The Labute approximate surface area is 125 Å². The molecule has 2 aromatic carbocycles. The zero-order chi connectivity index (χ0) is 14.8. The van der Waals surface area contributed by atoms with Crippen LogP contribution in [0.15, 0.2) is 36.4 Å². The molecule has 0 bridgehead atoms. The van der Waals surface area contributed by atoms with Crippen LogP contribution in [0.1, 0.15) is 17.5 Å². The molecule has 0 amide bonds. The summed E-state index contributed by atoms with van der Waals surface area (Å²) in [6.07, 6.45) is 0.445. The van der Waals surface area contributed by atoms with E-state index in [-0.39, 0.29) is 12.5 Å². The molecular formula is C18H23NO2. The average molecular weight is 285 g/mol. The standard InChI is InChI=1S/C18H23NO2/c1-13-6-7-14-4-2-3-5-16(14)17(13)10-19-9-8-15(12-20)18(21)11-19/h2-7,15,18,20-21H,8-12H2,1H3/t15-,18+/m1/s1. The summed E-state index contributed by atoms with van der Waals surface area (Å²) in [7, 11) is 0. The molecule has 2 atom stereocenters. The SMILES string of the molecule is Cc1ccc2ccccc2c1CN1CC[C@H](CO)[C@@H](O)C1. The van der Waals surface area contributed by atoms with Crippen molar-refractivity contribution in [2.45, 2.75) is 26.0 Å². The lowest BCUT2D eigenvalue weighted by molar-refractivity contribution is -0.00437. The molecule has 1 fully saturated rings. The Kier molecular flexibility index (Phi) is 4.24. The normalized spacial score (nSPS) is 23.6. The largest absolute Gasteiger partial charge is 0.396 e. The number of aryl methyl sites for hydroxylation is 1. The maximum absolute atomic E-state index is 10.1. The maximum atomic E-state index is 10.1. The monoisotopic (exact) mass is 285 g/mol. The fraction of sp³-hybridized carbons (Fsp3) is 0.444. The molecule has 3 rings (SSSR count). The van der Waals surface area contributed by atoms with E-state index in [0.717, 1.165) is 19.5 Å². The van der Waals surface area contributed by atoms with Crippen molar-refractivity contribution in [2.24, 2.45) is 5.92 Å². The Morgan fingerprint density at radius 2 is 2.00 bits per heavy atom. The summed E-state index contributed by atoms with van der Waals surface area (Å²) in [6.45, 7) is 4.68. The van der Waals surface area contributed by atoms with Crippen LogP contribution in [0, 0.1) is 12.8 Å². The lowest BCUT2D eigenvalue weighted by atomic mass is 9.93. The van der Waals surface area contributed by atoms with Crippen LogP contribution >= 0.6 is 0 Å². The Hall–Kier alpha value is -1.42. The topological polar surface area (TPSA) is 43.7 Å². The zero-order valence-corrected chi connectivity index (χ0v) is 12.5. The summed E-state index contributed by atoms with van der Waals surface area (Å²) in [6, 6.07) is 12.8. The molecule has 1 saturated heterocycles. The molecule has 0 unspecified atom stereocenters. The van der Waals surface area contributed by atoms with Gasteiger partial charge in [0, 0.05) is 25.6 Å². The van der Waals surface area contributed by atoms with Crippen LogP contribution in [-0.4, -0.2) is 40.9 Å². The number of rotatable bonds is 3. The van der Waals surface area contributed by atoms with Gasteiger partial charge in [0.15, 0.2) is 0 Å². The highest BCUT2D eigenvalue weighted by molar-refractivity contribution is 5.86. The summed E-state index contributed by atoms with van der Waals surface area (Å²) in [5.41, 5.74) is 2.65. The minimum Gasteiger partial charge on any atom is -0.396 e. The summed E-state index contributed by atoms with van der Waals surface area (Å²) < 4.78 is 0. The molecule has 1 aliphatic rings. The molecule has 3 heteroatoms. The van der Waals surface area contributed by atoms with Gasteiger partial charge in [-0.15, -0.1) is 0 Å². The number of benzene rings is 2. The van der Waals surface area contributed by atoms with Crippen molar-refractivity contribution in [3.8, 4) is 0 Å². The molecular weight excluding hydrogens is 262 g/mol. The predicted octanol–water partition coefficient (Wildman–Crippen LogP) is 2.32. The summed E-state index contributed by atoms with van der Waals surface area (Å²) in [5.74, 6) is 0.0369. The van der Waals surface area contributed by atoms with Crippen molar-refractivity contribution in [2.75, 3.05) is 19.7 Å². The fourth-order valence-corrected chi connectivity index (χ4v) is 3.28. The highest BCUT2D eigenvalue weighted by Gasteiger charge is 2.27. The number of hydrogen-bond acceptors (Lipinski definition) is 3. The first kappa shape index (κ1) is 14.5. The zero-order valence-electron chi connectivity index (χ0n) is 12.5. The van der Waals surface area contributed by atoms with E-state index in [1.165, 1.54) is 21.9 Å². The molecule has 0 radical (unpaired) electrons. The van der Waals surface area contributed by atoms with Gasteiger partial charge in [-0.1, -0.05) is 36.4 Å². The van der Waals surface area contributed by atoms with E-state index in [9.17, 15) is 10.2 Å². The van der Waals surface area contributed by atoms with E-state index >= 15 is 0 Å². The number of hydrogen-bond donors (Lipinski definition) is 2. The van der Waals surface area contributed by atoms with Crippen LogP contribution in [-0.2, 0) is 6.54 Å². The van der Waals surface area contributed by atoms with Crippen LogP contribution in [0.5, 0.6) is 0 Å². The molecule has 112 valence electrons. The number of aliphatic hydroxyl groups is 2.